The fourth-order valence-corrected chi connectivity index (χ4v) is 3.41. The highest BCUT2D eigenvalue weighted by Crippen LogP contribution is 2.20. The molecule has 6 nitrogen and oxygen atoms in total. The summed E-state index contributed by atoms with van der Waals surface area (Å²) >= 11 is 0. The van der Waals surface area contributed by atoms with Crippen molar-refractivity contribution in [2.24, 2.45) is 5.92 Å². The van der Waals surface area contributed by atoms with E-state index in [0.717, 1.165) is 37.2 Å². The number of carbonyl (C=O) groups excluding carboxylic acids is 2. The number of hydrogen-bond donors (Lipinski definition) is 2. The summed E-state index contributed by atoms with van der Waals surface area (Å²) in [5.74, 6) is 1.21. The van der Waals surface area contributed by atoms with Crippen molar-refractivity contribution in [1.29, 1.82) is 0 Å². The van der Waals surface area contributed by atoms with Crippen LogP contribution < -0.4 is 15.4 Å². The number of hydrogen-bond acceptors (Lipinski definition) is 4. The molecule has 31 heavy (non-hydrogen) atoms. The lowest BCUT2D eigenvalue weighted by atomic mass is 9.98. The zero-order chi connectivity index (χ0) is 22.2. The Morgan fingerprint density at radius 1 is 1.10 bits per heavy atom. The van der Waals surface area contributed by atoms with Crippen LogP contribution in [0.15, 0.2) is 60.7 Å². The summed E-state index contributed by atoms with van der Waals surface area (Å²) in [6.45, 7) is 10.1. The van der Waals surface area contributed by atoms with Crippen LogP contribution in [-0.2, 0) is 4.79 Å². The standard InChI is InChI=1S/C25H31N3O3/c1-18(2)17-31-23-9-5-7-21(15-23)26-16-24(29)27-22-8-4-6-20(14-22)25(30)28-12-10-19(3)11-13-28/h4-9,14-15,19,26H,1,10-13,16-17H2,2-3H3,(H,27,29). The lowest BCUT2D eigenvalue weighted by molar-refractivity contribution is -0.114. The van der Waals surface area contributed by atoms with Gasteiger partial charge in [0.15, 0.2) is 0 Å². The molecule has 1 aliphatic heterocycles. The smallest absolute Gasteiger partial charge is 0.253 e. The first kappa shape index (κ1) is 22.4. The van der Waals surface area contributed by atoms with Crippen LogP contribution in [0.2, 0.25) is 0 Å². The highest BCUT2D eigenvalue weighted by molar-refractivity contribution is 5.98. The van der Waals surface area contributed by atoms with Crippen molar-refractivity contribution in [3.8, 4) is 5.75 Å². The molecule has 2 N–H and O–H groups in total. The number of rotatable bonds is 8. The van der Waals surface area contributed by atoms with Gasteiger partial charge in [-0.25, -0.2) is 0 Å². The highest BCUT2D eigenvalue weighted by Gasteiger charge is 2.21. The molecule has 1 fully saturated rings. The second-order valence-electron chi connectivity index (χ2n) is 8.23. The lowest BCUT2D eigenvalue weighted by Crippen LogP contribution is -2.37. The minimum Gasteiger partial charge on any atom is -0.489 e. The first-order chi connectivity index (χ1) is 14.9. The van der Waals surface area contributed by atoms with Crippen LogP contribution in [-0.4, -0.2) is 43.0 Å². The van der Waals surface area contributed by atoms with E-state index in [0.29, 0.717) is 29.5 Å². The number of likely N-dealkylation sites (tertiary alicyclic amines) is 1. The Balaban J connectivity index is 1.53. The maximum atomic E-state index is 12.8. The van der Waals surface area contributed by atoms with Crippen LogP contribution in [0.4, 0.5) is 11.4 Å². The first-order valence-corrected chi connectivity index (χ1v) is 10.7. The van der Waals surface area contributed by atoms with E-state index in [2.05, 4.69) is 24.1 Å². The third-order valence-electron chi connectivity index (χ3n) is 5.24. The summed E-state index contributed by atoms with van der Waals surface area (Å²) in [7, 11) is 0. The number of carbonyl (C=O) groups is 2. The van der Waals surface area contributed by atoms with Crippen LogP contribution in [0.25, 0.3) is 0 Å². The molecule has 2 amide bonds. The van der Waals surface area contributed by atoms with Gasteiger partial charge in [-0.15, -0.1) is 0 Å². The predicted molar refractivity (Wildman–Crippen MR) is 125 cm³/mol. The molecular weight excluding hydrogens is 390 g/mol. The van der Waals surface area contributed by atoms with Gasteiger partial charge >= 0.3 is 0 Å². The molecule has 0 spiro atoms. The van der Waals surface area contributed by atoms with Gasteiger partial charge in [-0.3, -0.25) is 9.59 Å². The van der Waals surface area contributed by atoms with E-state index in [-0.39, 0.29) is 18.4 Å². The number of piperidine rings is 1. The van der Waals surface area contributed by atoms with E-state index in [1.165, 1.54) is 0 Å². The average molecular weight is 422 g/mol. The minimum atomic E-state index is -0.190. The van der Waals surface area contributed by atoms with Crippen LogP contribution in [0.3, 0.4) is 0 Å². The zero-order valence-electron chi connectivity index (χ0n) is 18.3. The molecule has 1 aliphatic rings. The molecular formula is C25H31N3O3. The summed E-state index contributed by atoms with van der Waals surface area (Å²) in [5, 5.41) is 5.95. The monoisotopic (exact) mass is 421 g/mol. The van der Waals surface area contributed by atoms with Gasteiger partial charge in [0.25, 0.3) is 5.91 Å². The van der Waals surface area contributed by atoms with Crippen LogP contribution in [0.1, 0.15) is 37.0 Å². The quantitative estimate of drug-likeness (QED) is 0.613. The van der Waals surface area contributed by atoms with E-state index in [1.807, 2.05) is 36.1 Å². The molecule has 0 atom stereocenters. The van der Waals surface area contributed by atoms with Crippen LogP contribution in [0, 0.1) is 5.92 Å². The highest BCUT2D eigenvalue weighted by atomic mass is 16.5. The number of nitrogens with one attached hydrogen (secondary N) is 2. The summed E-state index contributed by atoms with van der Waals surface area (Å²) in [6.07, 6.45) is 2.07. The molecule has 2 aromatic carbocycles. The number of ether oxygens (including phenoxy) is 1. The van der Waals surface area contributed by atoms with E-state index in [4.69, 9.17) is 4.74 Å². The topological polar surface area (TPSA) is 70.7 Å². The van der Waals surface area contributed by atoms with Gasteiger partial charge < -0.3 is 20.3 Å². The van der Waals surface area contributed by atoms with Crippen LogP contribution >= 0.6 is 0 Å². The van der Waals surface area contributed by atoms with Gasteiger partial charge in [-0.2, -0.15) is 0 Å². The third-order valence-corrected chi connectivity index (χ3v) is 5.24. The maximum absolute atomic E-state index is 12.8. The summed E-state index contributed by atoms with van der Waals surface area (Å²) in [5.41, 5.74) is 2.94. The second kappa shape index (κ2) is 10.7. The molecule has 0 radical (unpaired) electrons. The summed E-state index contributed by atoms with van der Waals surface area (Å²) < 4.78 is 5.63. The van der Waals surface area contributed by atoms with Crippen LogP contribution in [0.5, 0.6) is 5.75 Å². The second-order valence-corrected chi connectivity index (χ2v) is 8.23. The number of amides is 2. The fraction of sp³-hybridized carbons (Fsp3) is 0.360. The fourth-order valence-electron chi connectivity index (χ4n) is 3.41. The molecule has 0 aliphatic carbocycles. The Bertz CT molecular complexity index is 933. The largest absolute Gasteiger partial charge is 0.489 e. The van der Waals surface area contributed by atoms with Crippen molar-refractivity contribution in [3.63, 3.8) is 0 Å². The van der Waals surface area contributed by atoms with E-state index < -0.39 is 0 Å². The predicted octanol–water partition coefficient (Wildman–Crippen LogP) is 4.56. The zero-order valence-corrected chi connectivity index (χ0v) is 18.3. The van der Waals surface area contributed by atoms with Crippen molar-refractivity contribution in [3.05, 3.63) is 66.2 Å². The molecule has 164 valence electrons. The van der Waals surface area contributed by atoms with Gasteiger partial charge in [-0.05, 0) is 61.6 Å². The average Bonchev–Trinajstić information content (AvgIpc) is 2.77. The van der Waals surface area contributed by atoms with Crippen molar-refractivity contribution in [2.75, 3.05) is 36.9 Å². The Morgan fingerprint density at radius 3 is 2.55 bits per heavy atom. The lowest BCUT2D eigenvalue weighted by Gasteiger charge is -2.30. The van der Waals surface area contributed by atoms with E-state index in [1.54, 1.807) is 24.3 Å². The first-order valence-electron chi connectivity index (χ1n) is 10.7. The summed E-state index contributed by atoms with van der Waals surface area (Å²) in [6, 6.07) is 14.6. The van der Waals surface area contributed by atoms with Gasteiger partial charge in [0.1, 0.15) is 12.4 Å². The van der Waals surface area contributed by atoms with Gasteiger partial charge in [0.05, 0.1) is 6.54 Å². The van der Waals surface area contributed by atoms with Crippen molar-refractivity contribution < 1.29 is 14.3 Å². The Labute approximate surface area is 184 Å². The molecule has 1 heterocycles. The van der Waals surface area contributed by atoms with Gasteiger partial charge in [0, 0.05) is 36.1 Å². The summed E-state index contributed by atoms with van der Waals surface area (Å²) in [4.78, 5) is 27.1. The van der Waals surface area contributed by atoms with Crippen molar-refractivity contribution in [2.45, 2.75) is 26.7 Å². The number of anilines is 2. The van der Waals surface area contributed by atoms with Gasteiger partial charge in [-0.1, -0.05) is 25.6 Å². The maximum Gasteiger partial charge on any atom is 0.253 e. The number of benzene rings is 2. The molecule has 0 aromatic heterocycles. The Hall–Kier alpha value is -3.28. The third kappa shape index (κ3) is 6.88. The van der Waals surface area contributed by atoms with Gasteiger partial charge in [0.2, 0.25) is 5.91 Å². The minimum absolute atomic E-state index is 0.0210. The normalized spacial score (nSPS) is 14.1. The Kier molecular flexibility index (Phi) is 7.70. The Morgan fingerprint density at radius 2 is 1.81 bits per heavy atom. The van der Waals surface area contributed by atoms with Crippen molar-refractivity contribution in [1.82, 2.24) is 4.90 Å². The van der Waals surface area contributed by atoms with E-state index in [9.17, 15) is 9.59 Å². The van der Waals surface area contributed by atoms with Crippen molar-refractivity contribution >= 4 is 23.2 Å². The molecule has 0 unspecified atom stereocenters. The molecule has 1 saturated heterocycles. The van der Waals surface area contributed by atoms with E-state index >= 15 is 0 Å². The molecule has 0 saturated carbocycles. The molecule has 2 aromatic rings. The molecule has 3 rings (SSSR count). The molecule has 0 bridgehead atoms. The molecule has 6 heteroatoms. The number of nitrogens with zero attached hydrogens (tertiary/aromatic N) is 1. The SMILES string of the molecule is C=C(C)COc1cccc(NCC(=O)Nc2cccc(C(=O)N3CCC(C)CC3)c2)c1.